The molecule has 0 atom stereocenters. The number of halogens is 1. The Bertz CT molecular complexity index is 1550. The van der Waals surface area contributed by atoms with Crippen molar-refractivity contribution < 1.29 is 13.2 Å². The fourth-order valence-electron chi connectivity index (χ4n) is 3.22. The number of carbonyl (C=O) groups is 1. The van der Waals surface area contributed by atoms with Crippen LogP contribution in [0.25, 0.3) is 16.6 Å². The van der Waals surface area contributed by atoms with E-state index in [1.54, 1.807) is 50.4 Å². The van der Waals surface area contributed by atoms with Gasteiger partial charge in [0.25, 0.3) is 15.6 Å². The molecule has 33 heavy (non-hydrogen) atoms. The fourth-order valence-corrected chi connectivity index (χ4v) is 5.61. The number of nitrogens with one attached hydrogen (secondary N) is 3. The van der Waals surface area contributed by atoms with Crippen molar-refractivity contribution in [2.24, 2.45) is 0 Å². The molecule has 0 aliphatic carbocycles. The van der Waals surface area contributed by atoms with Crippen LogP contribution in [0, 0.1) is 6.92 Å². The van der Waals surface area contributed by atoms with Crippen LogP contribution in [0.5, 0.6) is 0 Å². The smallest absolute Gasteiger partial charge is 0.333 e. The van der Waals surface area contributed by atoms with Gasteiger partial charge in [-0.3, -0.25) is 9.36 Å². The van der Waals surface area contributed by atoms with Crippen molar-refractivity contribution in [1.82, 2.24) is 14.3 Å². The zero-order valence-corrected chi connectivity index (χ0v) is 19.8. The largest absolute Gasteiger partial charge is 0.388 e. The van der Waals surface area contributed by atoms with Crippen molar-refractivity contribution in [3.05, 3.63) is 75.1 Å². The summed E-state index contributed by atoms with van der Waals surface area (Å²) in [7, 11) is -2.25. The number of anilines is 2. The van der Waals surface area contributed by atoms with Gasteiger partial charge in [-0.15, -0.1) is 11.3 Å². The Morgan fingerprint density at radius 3 is 2.52 bits per heavy atom. The number of hydrogen-bond donors (Lipinski definition) is 3. The maximum absolute atomic E-state index is 13.0. The summed E-state index contributed by atoms with van der Waals surface area (Å²) >= 11 is 6.61. The molecule has 4 aromatic rings. The van der Waals surface area contributed by atoms with Gasteiger partial charge in [0.1, 0.15) is 10.5 Å². The average molecular weight is 504 g/mol. The standard InChI is InChI=1S/C21H18ClN5O4S2/c1-12-9-14(25-21(29)26-33(30,31)19-8-7-18(22)32-19)4-6-17(12)27-11-24-16-10-13(23-2)3-5-15(16)20(27)28/h3-11,23H,1-2H3,(H2,25,26,29). The van der Waals surface area contributed by atoms with Crippen LogP contribution in [0.15, 0.2) is 63.9 Å². The molecule has 2 amide bonds. The van der Waals surface area contributed by atoms with Crippen LogP contribution in [0.1, 0.15) is 5.56 Å². The summed E-state index contributed by atoms with van der Waals surface area (Å²) in [6, 6.07) is 12.0. The molecule has 12 heteroatoms. The van der Waals surface area contributed by atoms with Crippen molar-refractivity contribution in [2.75, 3.05) is 17.7 Å². The molecule has 2 aromatic heterocycles. The quantitative estimate of drug-likeness (QED) is 0.379. The Labute approximate surface area is 198 Å². The Hall–Kier alpha value is -3.41. The Balaban J connectivity index is 1.57. The van der Waals surface area contributed by atoms with Gasteiger partial charge in [-0.2, -0.15) is 0 Å². The number of benzene rings is 2. The second-order valence-corrected chi connectivity index (χ2v) is 10.6. The lowest BCUT2D eigenvalue weighted by atomic mass is 10.1. The zero-order valence-electron chi connectivity index (χ0n) is 17.4. The molecule has 3 N–H and O–H groups in total. The minimum atomic E-state index is -4.04. The van der Waals surface area contributed by atoms with Crippen molar-refractivity contribution in [1.29, 1.82) is 0 Å². The number of aryl methyl sites for hydroxylation is 1. The number of hydrogen-bond acceptors (Lipinski definition) is 7. The highest BCUT2D eigenvalue weighted by atomic mass is 35.5. The van der Waals surface area contributed by atoms with Gasteiger partial charge in [-0.25, -0.2) is 22.9 Å². The SMILES string of the molecule is CNc1ccc2c(=O)n(-c3ccc(NC(=O)NS(=O)(=O)c4ccc(Cl)s4)cc3C)cnc2c1. The summed E-state index contributed by atoms with van der Waals surface area (Å²) in [6.07, 6.45) is 1.45. The van der Waals surface area contributed by atoms with Crippen molar-refractivity contribution in [3.63, 3.8) is 0 Å². The number of thiophene rings is 1. The molecule has 0 unspecified atom stereocenters. The highest BCUT2D eigenvalue weighted by molar-refractivity contribution is 7.92. The predicted molar refractivity (Wildman–Crippen MR) is 130 cm³/mol. The highest BCUT2D eigenvalue weighted by Crippen LogP contribution is 2.25. The lowest BCUT2D eigenvalue weighted by molar-refractivity contribution is 0.256. The number of sulfonamides is 1. The van der Waals surface area contributed by atoms with Crippen molar-refractivity contribution >= 4 is 61.3 Å². The summed E-state index contributed by atoms with van der Waals surface area (Å²) in [5, 5.41) is 5.96. The van der Waals surface area contributed by atoms with Crippen LogP contribution in [-0.4, -0.2) is 31.0 Å². The Morgan fingerprint density at radius 1 is 1.09 bits per heavy atom. The third-order valence-corrected chi connectivity index (χ3v) is 7.86. The molecule has 0 spiro atoms. The van der Waals surface area contributed by atoms with Crippen molar-refractivity contribution in [2.45, 2.75) is 11.1 Å². The van der Waals surface area contributed by atoms with Gasteiger partial charge in [0.15, 0.2) is 0 Å². The molecule has 0 saturated carbocycles. The monoisotopic (exact) mass is 503 g/mol. The topological polar surface area (TPSA) is 122 Å². The number of rotatable bonds is 5. The number of urea groups is 1. The lowest BCUT2D eigenvalue weighted by Gasteiger charge is -2.13. The summed E-state index contributed by atoms with van der Waals surface area (Å²) < 4.78 is 28.1. The van der Waals surface area contributed by atoms with Gasteiger partial charge in [-0.05, 0) is 61.0 Å². The molecule has 0 bridgehead atoms. The van der Waals surface area contributed by atoms with E-state index >= 15 is 0 Å². The summed E-state index contributed by atoms with van der Waals surface area (Å²) in [6.45, 7) is 1.77. The summed E-state index contributed by atoms with van der Waals surface area (Å²) in [5.41, 5.74) is 2.80. The molecule has 0 saturated heterocycles. The molecule has 0 aliphatic heterocycles. The first kappa shape index (κ1) is 22.8. The van der Waals surface area contributed by atoms with Gasteiger partial charge in [0.05, 0.1) is 20.9 Å². The summed E-state index contributed by atoms with van der Waals surface area (Å²) in [5.74, 6) is 0. The van der Waals surface area contributed by atoms with Gasteiger partial charge >= 0.3 is 6.03 Å². The van der Waals surface area contributed by atoms with E-state index in [9.17, 15) is 18.0 Å². The van der Waals surface area contributed by atoms with Crippen LogP contribution in [0.3, 0.4) is 0 Å². The molecule has 2 aromatic carbocycles. The van der Waals surface area contributed by atoms with E-state index in [-0.39, 0.29) is 9.77 Å². The van der Waals surface area contributed by atoms with E-state index in [1.165, 1.54) is 23.0 Å². The second kappa shape index (κ2) is 8.85. The predicted octanol–water partition coefficient (Wildman–Crippen LogP) is 3.96. The summed E-state index contributed by atoms with van der Waals surface area (Å²) in [4.78, 5) is 29.6. The van der Waals surface area contributed by atoms with Gasteiger partial charge in [0, 0.05) is 18.4 Å². The van der Waals surface area contributed by atoms with Crippen LogP contribution in [0.4, 0.5) is 16.2 Å². The maximum Gasteiger partial charge on any atom is 0.333 e. The minimum absolute atomic E-state index is 0.0702. The van der Waals surface area contributed by atoms with Crippen LogP contribution in [0.2, 0.25) is 4.34 Å². The van der Waals surface area contributed by atoms with Gasteiger partial charge in [-0.1, -0.05) is 11.6 Å². The van der Waals surface area contributed by atoms with E-state index in [2.05, 4.69) is 15.6 Å². The second-order valence-electron chi connectivity index (χ2n) is 7.02. The zero-order chi connectivity index (χ0) is 23.8. The molecule has 170 valence electrons. The van der Waals surface area contributed by atoms with Gasteiger partial charge < -0.3 is 10.6 Å². The molecule has 9 nitrogen and oxygen atoms in total. The fraction of sp³-hybridized carbons (Fsp3) is 0.0952. The van der Waals surface area contributed by atoms with Gasteiger partial charge in [0.2, 0.25) is 0 Å². The van der Waals surface area contributed by atoms with Crippen LogP contribution >= 0.6 is 22.9 Å². The van der Waals surface area contributed by atoms with Crippen LogP contribution < -0.4 is 20.9 Å². The first-order valence-corrected chi connectivity index (χ1v) is 12.2. The highest BCUT2D eigenvalue weighted by Gasteiger charge is 2.20. The van der Waals surface area contributed by atoms with E-state index in [0.717, 1.165) is 17.0 Å². The van der Waals surface area contributed by atoms with Crippen molar-refractivity contribution in [3.8, 4) is 5.69 Å². The molecule has 0 fully saturated rings. The van der Waals surface area contributed by atoms with E-state index < -0.39 is 16.1 Å². The van der Waals surface area contributed by atoms with E-state index in [4.69, 9.17) is 11.6 Å². The third-order valence-electron chi connectivity index (χ3n) is 4.80. The normalized spacial score (nSPS) is 11.4. The molecule has 0 aliphatic rings. The van der Waals surface area contributed by atoms with Crippen LogP contribution in [-0.2, 0) is 10.0 Å². The van der Waals surface area contributed by atoms with E-state index in [0.29, 0.717) is 32.2 Å². The molecule has 2 heterocycles. The maximum atomic E-state index is 13.0. The number of carbonyl (C=O) groups excluding carboxylic acids is 1. The molecular weight excluding hydrogens is 486 g/mol. The molecule has 0 radical (unpaired) electrons. The Morgan fingerprint density at radius 2 is 1.85 bits per heavy atom. The minimum Gasteiger partial charge on any atom is -0.388 e. The first-order valence-electron chi connectivity index (χ1n) is 9.57. The third kappa shape index (κ3) is 4.70. The average Bonchev–Trinajstić information content (AvgIpc) is 3.21. The Kier molecular flexibility index (Phi) is 6.11. The molecular formula is C21H18ClN5O4S2. The number of aromatic nitrogens is 2. The number of nitrogens with zero attached hydrogens (tertiary/aromatic N) is 2. The lowest BCUT2D eigenvalue weighted by Crippen LogP contribution is -2.34. The van der Waals surface area contributed by atoms with E-state index in [1.807, 2.05) is 4.72 Å². The number of fused-ring (bicyclic) bond motifs is 1. The number of amides is 2. The molecule has 4 rings (SSSR count). The first-order chi connectivity index (χ1) is 15.7.